The maximum atomic E-state index is 14.8. The molecule has 0 saturated heterocycles. The van der Waals surface area contributed by atoms with E-state index in [2.05, 4.69) is 20.1 Å². The van der Waals surface area contributed by atoms with E-state index < -0.39 is 11.5 Å². The van der Waals surface area contributed by atoms with Crippen molar-refractivity contribution >= 4 is 26.4 Å². The van der Waals surface area contributed by atoms with Gasteiger partial charge in [-0.15, -0.1) is 0 Å². The van der Waals surface area contributed by atoms with Gasteiger partial charge in [-0.1, -0.05) is 15.3 Å². The van der Waals surface area contributed by atoms with Gasteiger partial charge >= 0.3 is 0 Å². The van der Waals surface area contributed by atoms with E-state index in [-0.39, 0.29) is 16.8 Å². The first kappa shape index (κ1) is 23.8. The Kier molecular flexibility index (Phi) is 6.62. The van der Waals surface area contributed by atoms with Crippen molar-refractivity contribution < 1.29 is 13.2 Å². The van der Waals surface area contributed by atoms with Crippen molar-refractivity contribution in [3.63, 3.8) is 0 Å². The number of amidine groups is 1. The molecule has 1 atom stereocenters. The Morgan fingerprint density at radius 2 is 1.88 bits per heavy atom. The van der Waals surface area contributed by atoms with E-state index in [4.69, 9.17) is 0 Å². The third-order valence-corrected chi connectivity index (χ3v) is 5.68. The van der Waals surface area contributed by atoms with Crippen LogP contribution in [0.25, 0.3) is 16.7 Å². The largest absolute Gasteiger partial charge is 0.283 e. The normalized spacial score (nSPS) is 16.7. The third kappa shape index (κ3) is 4.77. The average molecular weight is 481 g/mol. The number of halogens is 3. The average Bonchev–Trinajstić information content (AvgIpc) is 3.25. The Morgan fingerprint density at radius 1 is 1.12 bits per heavy atom. The quantitative estimate of drug-likeness (QED) is 0.433. The number of pyridine rings is 1. The number of dihydropyridines is 1. The Bertz CT molecular complexity index is 1360. The van der Waals surface area contributed by atoms with Crippen molar-refractivity contribution in [3.05, 3.63) is 89.3 Å². The molecule has 5 nitrogen and oxygen atoms in total. The van der Waals surface area contributed by atoms with Gasteiger partial charge in [0.05, 0.1) is 11.9 Å². The molecule has 3 heterocycles. The number of nitrogens with zero attached hydrogens (tertiary/aromatic N) is 5. The molecule has 0 fully saturated rings. The zero-order valence-corrected chi connectivity index (χ0v) is 20.1. The van der Waals surface area contributed by atoms with E-state index in [1.807, 2.05) is 39.2 Å². The topological polar surface area (TPSA) is 55.4 Å². The molecule has 1 aliphatic rings. The fraction of sp³-hybridized carbons (Fsp3) is 0.200. The molecule has 4 rings (SSSR count). The molecule has 0 saturated carbocycles. The monoisotopic (exact) mass is 481 g/mol. The molecule has 0 aliphatic carbocycles. The lowest BCUT2D eigenvalue weighted by Gasteiger charge is -2.20. The van der Waals surface area contributed by atoms with Gasteiger partial charge in [-0.2, -0.15) is 13.9 Å². The molecule has 34 heavy (non-hydrogen) atoms. The third-order valence-electron chi connectivity index (χ3n) is 5.35. The number of alkyl halides is 2. The van der Waals surface area contributed by atoms with Gasteiger partial charge in [-0.25, -0.2) is 9.38 Å². The van der Waals surface area contributed by atoms with Gasteiger partial charge in [0.2, 0.25) is 0 Å². The minimum Gasteiger partial charge on any atom is -0.275 e. The van der Waals surface area contributed by atoms with Crippen LogP contribution >= 0.6 is 9.24 Å². The number of hydrogen-bond donors (Lipinski definition) is 0. The lowest BCUT2D eigenvalue weighted by molar-refractivity contribution is 0.104. The first-order valence-corrected chi connectivity index (χ1v) is 11.2. The van der Waals surface area contributed by atoms with Crippen LogP contribution in [0, 0.1) is 5.82 Å². The SMILES string of the molecule is C/C=C1/C(c2cncc(-c3cnn(C)c3)c2)=CC(c2cc(C(F)(F)P)ccc2F)=N/C1=N/CC. The minimum atomic E-state index is -3.19. The van der Waals surface area contributed by atoms with Crippen LogP contribution in [-0.2, 0) is 12.7 Å². The summed E-state index contributed by atoms with van der Waals surface area (Å²) in [5.41, 5.74) is 0.672. The molecule has 2 aromatic heterocycles. The van der Waals surface area contributed by atoms with Crippen LogP contribution in [-0.4, -0.2) is 32.9 Å². The van der Waals surface area contributed by atoms with Crippen molar-refractivity contribution in [2.75, 3.05) is 6.54 Å². The number of benzene rings is 1. The van der Waals surface area contributed by atoms with Crippen molar-refractivity contribution in [3.8, 4) is 11.1 Å². The summed E-state index contributed by atoms with van der Waals surface area (Å²) in [4.78, 5) is 13.4. The van der Waals surface area contributed by atoms with E-state index in [1.54, 1.807) is 29.3 Å². The Hall–Kier alpha value is -3.38. The molecule has 0 spiro atoms. The molecule has 0 bridgehead atoms. The van der Waals surface area contributed by atoms with Gasteiger partial charge < -0.3 is 0 Å². The van der Waals surface area contributed by atoms with Crippen LogP contribution in [0.1, 0.15) is 30.5 Å². The highest BCUT2D eigenvalue weighted by molar-refractivity contribution is 7.17. The van der Waals surface area contributed by atoms with E-state index in [1.165, 1.54) is 9.24 Å². The van der Waals surface area contributed by atoms with Crippen LogP contribution in [0.3, 0.4) is 0 Å². The lowest BCUT2D eigenvalue weighted by Crippen LogP contribution is -2.16. The summed E-state index contributed by atoms with van der Waals surface area (Å²) in [5.74, 6) is -0.235. The second kappa shape index (κ2) is 9.47. The highest BCUT2D eigenvalue weighted by Gasteiger charge is 2.28. The molecule has 1 unspecified atom stereocenters. The van der Waals surface area contributed by atoms with Gasteiger partial charge in [-0.05, 0) is 49.8 Å². The molecule has 1 aromatic carbocycles. The van der Waals surface area contributed by atoms with Crippen molar-refractivity contribution in [2.45, 2.75) is 19.5 Å². The van der Waals surface area contributed by atoms with Gasteiger partial charge in [-0.3, -0.25) is 14.7 Å². The zero-order valence-electron chi connectivity index (χ0n) is 18.9. The predicted molar refractivity (Wildman–Crippen MR) is 133 cm³/mol. The van der Waals surface area contributed by atoms with E-state index in [0.29, 0.717) is 12.4 Å². The van der Waals surface area contributed by atoms with Gasteiger partial charge in [0, 0.05) is 65.6 Å². The highest BCUT2D eigenvalue weighted by atomic mass is 31.0. The molecule has 174 valence electrons. The second-order valence-corrected chi connectivity index (χ2v) is 8.46. The van der Waals surface area contributed by atoms with E-state index in [9.17, 15) is 13.2 Å². The molecule has 9 heteroatoms. The van der Waals surface area contributed by atoms with Crippen LogP contribution in [0.15, 0.2) is 76.8 Å². The van der Waals surface area contributed by atoms with Crippen molar-refractivity contribution in [1.29, 1.82) is 0 Å². The summed E-state index contributed by atoms with van der Waals surface area (Å²) >= 11 is 0. The molecule has 0 amide bonds. The Labute approximate surface area is 198 Å². The summed E-state index contributed by atoms with van der Waals surface area (Å²) in [6.45, 7) is 4.19. The maximum absolute atomic E-state index is 14.8. The van der Waals surface area contributed by atoms with Crippen LogP contribution < -0.4 is 0 Å². The number of allylic oxidation sites excluding steroid dienone is 2. The fourth-order valence-electron chi connectivity index (χ4n) is 3.72. The highest BCUT2D eigenvalue weighted by Crippen LogP contribution is 2.37. The Morgan fingerprint density at radius 3 is 2.53 bits per heavy atom. The van der Waals surface area contributed by atoms with Crippen LogP contribution in [0.4, 0.5) is 13.2 Å². The molecule has 1 aliphatic heterocycles. The maximum Gasteiger partial charge on any atom is 0.283 e. The second-order valence-electron chi connectivity index (χ2n) is 7.74. The van der Waals surface area contributed by atoms with Crippen molar-refractivity contribution in [2.24, 2.45) is 17.0 Å². The summed E-state index contributed by atoms with van der Waals surface area (Å²) in [6, 6.07) is 5.18. The van der Waals surface area contributed by atoms with Crippen LogP contribution in [0.5, 0.6) is 0 Å². The molecule has 3 aromatic rings. The smallest absolute Gasteiger partial charge is 0.275 e. The zero-order chi connectivity index (χ0) is 24.5. The summed E-state index contributed by atoms with van der Waals surface area (Å²) in [6.07, 6.45) is 10.6. The number of rotatable bonds is 5. The predicted octanol–water partition coefficient (Wildman–Crippen LogP) is 5.80. The van der Waals surface area contributed by atoms with Gasteiger partial charge in [0.15, 0.2) is 5.84 Å². The minimum absolute atomic E-state index is 0.0209. The molecular weight excluding hydrogens is 458 g/mol. The number of hydrogen-bond acceptors (Lipinski definition) is 3. The van der Waals surface area contributed by atoms with E-state index >= 15 is 0 Å². The summed E-state index contributed by atoms with van der Waals surface area (Å²) in [5, 5.41) is 4.21. The standard InChI is InChI=1S/C25H23F3N5P/c1-4-19-20(16-8-15(11-29-12-16)17-13-31-33(3)14-17)10-23(32-24(19)30-5-2)21-9-18(25(27,28)34)6-7-22(21)26/h4,6-14H,5,34H2,1-3H3/b19-4-,30-24+. The number of aliphatic imine (C=N–C) groups is 2. The first-order valence-electron chi connectivity index (χ1n) is 10.6. The van der Waals surface area contributed by atoms with Gasteiger partial charge in [0.1, 0.15) is 5.82 Å². The molecule has 0 radical (unpaired) electrons. The van der Waals surface area contributed by atoms with Crippen molar-refractivity contribution in [1.82, 2.24) is 14.8 Å². The molecular formula is C25H23F3N5P. The summed E-state index contributed by atoms with van der Waals surface area (Å²) < 4.78 is 44.4. The molecule has 0 N–H and O–H groups in total. The first-order chi connectivity index (χ1) is 16.2. The lowest BCUT2D eigenvalue weighted by atomic mass is 9.91. The Balaban J connectivity index is 1.89. The van der Waals surface area contributed by atoms with Gasteiger partial charge in [0.25, 0.3) is 5.66 Å². The summed E-state index contributed by atoms with van der Waals surface area (Å²) in [7, 11) is 3.31. The number of aryl methyl sites for hydroxylation is 1. The van der Waals surface area contributed by atoms with Crippen LogP contribution in [0.2, 0.25) is 0 Å². The van der Waals surface area contributed by atoms with E-state index in [0.717, 1.165) is 46.0 Å². The fourth-order valence-corrected chi connectivity index (χ4v) is 3.90. The number of aromatic nitrogens is 3.